The van der Waals surface area contributed by atoms with Gasteiger partial charge in [0.05, 0.1) is 19.1 Å². The number of carbonyl (C=O) groups is 2. The van der Waals surface area contributed by atoms with Crippen LogP contribution in [0.4, 0.5) is 0 Å². The van der Waals surface area contributed by atoms with Gasteiger partial charge in [-0.25, -0.2) is 0 Å². The van der Waals surface area contributed by atoms with E-state index in [1.807, 2.05) is 7.05 Å². The number of hydrogen-bond donors (Lipinski definition) is 3. The molecule has 2 atom stereocenters. The molecule has 0 bridgehead atoms. The molecule has 110 valence electrons. The first-order valence-corrected chi connectivity index (χ1v) is 6.89. The van der Waals surface area contributed by atoms with Crippen LogP contribution in [-0.2, 0) is 14.3 Å². The van der Waals surface area contributed by atoms with E-state index in [9.17, 15) is 9.59 Å². The number of unbranched alkanes of at least 4 members (excludes halogenated alkanes) is 3. The van der Waals surface area contributed by atoms with Gasteiger partial charge >= 0.3 is 5.97 Å². The van der Waals surface area contributed by atoms with Crippen molar-refractivity contribution in [1.82, 2.24) is 10.6 Å². The number of carboxylic acids is 1. The Morgan fingerprint density at radius 1 is 1.21 bits per heavy atom. The van der Waals surface area contributed by atoms with Crippen LogP contribution in [-0.4, -0.2) is 49.8 Å². The number of amides is 1. The van der Waals surface area contributed by atoms with Gasteiger partial charge in [-0.2, -0.15) is 0 Å². The van der Waals surface area contributed by atoms with Crippen molar-refractivity contribution in [3.8, 4) is 0 Å². The summed E-state index contributed by atoms with van der Waals surface area (Å²) in [6.45, 7) is 1.72. The topological polar surface area (TPSA) is 87.7 Å². The van der Waals surface area contributed by atoms with E-state index in [2.05, 4.69) is 10.6 Å². The fourth-order valence-electron chi connectivity index (χ4n) is 2.19. The normalized spacial score (nSPS) is 22.4. The van der Waals surface area contributed by atoms with E-state index >= 15 is 0 Å². The second kappa shape index (κ2) is 8.87. The van der Waals surface area contributed by atoms with Crippen molar-refractivity contribution in [3.05, 3.63) is 0 Å². The predicted octanol–water partition coefficient (Wildman–Crippen LogP) is 0.372. The van der Waals surface area contributed by atoms with Gasteiger partial charge in [0.25, 0.3) is 0 Å². The Morgan fingerprint density at radius 3 is 2.63 bits per heavy atom. The molecule has 0 aromatic carbocycles. The molecule has 6 heteroatoms. The predicted molar refractivity (Wildman–Crippen MR) is 70.9 cm³/mol. The lowest BCUT2D eigenvalue weighted by molar-refractivity contribution is -0.137. The van der Waals surface area contributed by atoms with Crippen LogP contribution in [0.3, 0.4) is 0 Å². The summed E-state index contributed by atoms with van der Waals surface area (Å²) < 4.78 is 5.28. The third-order valence-electron chi connectivity index (χ3n) is 3.40. The molecule has 1 saturated heterocycles. The van der Waals surface area contributed by atoms with Crippen LogP contribution in [0, 0.1) is 5.92 Å². The van der Waals surface area contributed by atoms with Crippen molar-refractivity contribution in [2.45, 2.75) is 38.1 Å². The summed E-state index contributed by atoms with van der Waals surface area (Å²) in [6, 6.07) is 0.107. The highest BCUT2D eigenvalue weighted by Gasteiger charge is 2.32. The molecule has 0 radical (unpaired) electrons. The van der Waals surface area contributed by atoms with Gasteiger partial charge in [0.2, 0.25) is 5.91 Å². The third-order valence-corrected chi connectivity index (χ3v) is 3.40. The third kappa shape index (κ3) is 6.02. The summed E-state index contributed by atoms with van der Waals surface area (Å²) in [5.41, 5.74) is 0. The summed E-state index contributed by atoms with van der Waals surface area (Å²) in [5, 5.41) is 14.5. The molecule has 3 N–H and O–H groups in total. The van der Waals surface area contributed by atoms with Crippen LogP contribution in [0.5, 0.6) is 0 Å². The lowest BCUT2D eigenvalue weighted by Gasteiger charge is -2.16. The maximum atomic E-state index is 11.9. The van der Waals surface area contributed by atoms with Crippen LogP contribution in [0.1, 0.15) is 32.1 Å². The molecular weight excluding hydrogens is 248 g/mol. The number of carboxylic acid groups (broad SMARTS) is 1. The maximum Gasteiger partial charge on any atom is 0.303 e. The van der Waals surface area contributed by atoms with Crippen molar-refractivity contribution >= 4 is 11.9 Å². The Kier molecular flexibility index (Phi) is 7.43. The summed E-state index contributed by atoms with van der Waals surface area (Å²) in [4.78, 5) is 22.2. The molecule has 1 rings (SSSR count). The van der Waals surface area contributed by atoms with Crippen molar-refractivity contribution in [3.63, 3.8) is 0 Å². The highest BCUT2D eigenvalue weighted by Crippen LogP contribution is 2.13. The number of rotatable bonds is 9. The van der Waals surface area contributed by atoms with E-state index in [1.165, 1.54) is 0 Å². The molecular formula is C13H24N2O4. The van der Waals surface area contributed by atoms with E-state index in [-0.39, 0.29) is 24.3 Å². The second-order valence-corrected chi connectivity index (χ2v) is 4.89. The first-order chi connectivity index (χ1) is 9.15. The van der Waals surface area contributed by atoms with Gasteiger partial charge in [-0.15, -0.1) is 0 Å². The van der Waals surface area contributed by atoms with E-state index in [4.69, 9.17) is 9.84 Å². The van der Waals surface area contributed by atoms with E-state index in [0.717, 1.165) is 19.3 Å². The fourth-order valence-corrected chi connectivity index (χ4v) is 2.19. The Hall–Kier alpha value is -1.14. The monoisotopic (exact) mass is 272 g/mol. The Balaban J connectivity index is 2.03. The number of nitrogens with one attached hydrogen (secondary N) is 2. The molecule has 1 amide bonds. The van der Waals surface area contributed by atoms with Crippen molar-refractivity contribution < 1.29 is 19.4 Å². The summed E-state index contributed by atoms with van der Waals surface area (Å²) in [7, 11) is 1.84. The molecule has 0 aliphatic carbocycles. The van der Waals surface area contributed by atoms with Crippen LogP contribution in [0.25, 0.3) is 0 Å². The zero-order valence-corrected chi connectivity index (χ0v) is 11.5. The van der Waals surface area contributed by atoms with E-state index in [0.29, 0.717) is 26.2 Å². The second-order valence-electron chi connectivity index (χ2n) is 4.89. The standard InChI is InChI=1S/C13H24N2O4/c1-14-11-9-19-8-10(11)13(18)15-7-5-3-2-4-6-12(16)17/h10-11,14H,2-9H2,1H3,(H,15,18)(H,16,17). The van der Waals surface area contributed by atoms with Gasteiger partial charge in [-0.3, -0.25) is 9.59 Å². The molecule has 1 aliphatic heterocycles. The molecule has 1 fully saturated rings. The zero-order chi connectivity index (χ0) is 14.1. The lowest BCUT2D eigenvalue weighted by atomic mass is 10.0. The first kappa shape index (κ1) is 15.9. The Bertz CT molecular complexity index is 296. The number of ether oxygens (including phenoxy) is 1. The summed E-state index contributed by atoms with van der Waals surface area (Å²) >= 11 is 0. The average Bonchev–Trinajstić information content (AvgIpc) is 2.85. The molecule has 0 aromatic rings. The zero-order valence-electron chi connectivity index (χ0n) is 11.5. The van der Waals surface area contributed by atoms with Gasteiger partial charge in [-0.05, 0) is 19.9 Å². The lowest BCUT2D eigenvalue weighted by Crippen LogP contribution is -2.42. The van der Waals surface area contributed by atoms with E-state index < -0.39 is 5.97 Å². The number of carbonyl (C=O) groups excluding carboxylic acids is 1. The van der Waals surface area contributed by atoms with Gasteiger partial charge in [-0.1, -0.05) is 12.8 Å². The van der Waals surface area contributed by atoms with Gasteiger partial charge < -0.3 is 20.5 Å². The van der Waals surface area contributed by atoms with Crippen LogP contribution in [0.2, 0.25) is 0 Å². The molecule has 1 aliphatic rings. The highest BCUT2D eigenvalue weighted by molar-refractivity contribution is 5.79. The SMILES string of the molecule is CNC1COCC1C(=O)NCCCCCCC(=O)O. The van der Waals surface area contributed by atoms with Gasteiger partial charge in [0.15, 0.2) is 0 Å². The quantitative estimate of drug-likeness (QED) is 0.528. The molecule has 2 unspecified atom stereocenters. The van der Waals surface area contributed by atoms with Crippen LogP contribution < -0.4 is 10.6 Å². The van der Waals surface area contributed by atoms with Gasteiger partial charge in [0, 0.05) is 19.0 Å². The largest absolute Gasteiger partial charge is 0.481 e. The highest BCUT2D eigenvalue weighted by atomic mass is 16.5. The molecule has 19 heavy (non-hydrogen) atoms. The van der Waals surface area contributed by atoms with Crippen LogP contribution >= 0.6 is 0 Å². The molecule has 6 nitrogen and oxygen atoms in total. The molecule has 0 saturated carbocycles. The van der Waals surface area contributed by atoms with Crippen molar-refractivity contribution in [2.24, 2.45) is 5.92 Å². The smallest absolute Gasteiger partial charge is 0.303 e. The number of aliphatic carboxylic acids is 1. The Labute approximate surface area is 113 Å². The molecule has 0 spiro atoms. The fraction of sp³-hybridized carbons (Fsp3) is 0.846. The minimum atomic E-state index is -0.743. The first-order valence-electron chi connectivity index (χ1n) is 6.89. The summed E-state index contributed by atoms with van der Waals surface area (Å²) in [6.07, 6.45) is 3.68. The van der Waals surface area contributed by atoms with Gasteiger partial charge in [0.1, 0.15) is 0 Å². The average molecular weight is 272 g/mol. The number of likely N-dealkylation sites (N-methyl/N-ethyl adjacent to an activating group) is 1. The minimum Gasteiger partial charge on any atom is -0.481 e. The molecule has 0 aromatic heterocycles. The summed E-state index contributed by atoms with van der Waals surface area (Å²) in [5.74, 6) is -0.799. The number of hydrogen-bond acceptors (Lipinski definition) is 4. The Morgan fingerprint density at radius 2 is 1.95 bits per heavy atom. The van der Waals surface area contributed by atoms with Crippen molar-refractivity contribution in [2.75, 3.05) is 26.8 Å². The minimum absolute atomic E-state index is 0.0439. The molecule has 1 heterocycles. The van der Waals surface area contributed by atoms with Crippen LogP contribution in [0.15, 0.2) is 0 Å². The van der Waals surface area contributed by atoms with E-state index in [1.54, 1.807) is 0 Å². The van der Waals surface area contributed by atoms with Crippen molar-refractivity contribution in [1.29, 1.82) is 0 Å². The maximum absolute atomic E-state index is 11.9.